The highest BCUT2D eigenvalue weighted by molar-refractivity contribution is 6.34. The lowest BCUT2D eigenvalue weighted by Crippen LogP contribution is -2.44. The number of ether oxygens (including phenoxy) is 2. The summed E-state index contributed by atoms with van der Waals surface area (Å²) in [6.07, 6.45) is -0.101. The fraction of sp³-hybridized carbons (Fsp3) is 0.500. The van der Waals surface area contributed by atoms with E-state index in [0.717, 1.165) is 19.6 Å². The van der Waals surface area contributed by atoms with E-state index in [1.807, 2.05) is 0 Å². The second-order valence-corrected chi connectivity index (χ2v) is 5.10. The molecular weight excluding hydrogens is 280 g/mol. The summed E-state index contributed by atoms with van der Waals surface area (Å²) < 4.78 is 10.8. The van der Waals surface area contributed by atoms with Gasteiger partial charge in [0.05, 0.1) is 11.6 Å². The predicted molar refractivity (Wildman–Crippen MR) is 78.0 cm³/mol. The third-order valence-electron chi connectivity index (χ3n) is 3.32. The Balaban J connectivity index is 1.92. The van der Waals surface area contributed by atoms with Gasteiger partial charge in [0.25, 0.3) is 0 Å². The van der Waals surface area contributed by atoms with Gasteiger partial charge in [-0.15, -0.1) is 0 Å². The van der Waals surface area contributed by atoms with E-state index in [4.69, 9.17) is 26.8 Å². The van der Waals surface area contributed by atoms with Crippen molar-refractivity contribution >= 4 is 23.3 Å². The lowest BCUT2D eigenvalue weighted by atomic mass is 10.2. The van der Waals surface area contributed by atoms with E-state index in [1.165, 1.54) is 0 Å². The molecular formula is C14H19ClN2O3. The van der Waals surface area contributed by atoms with Crippen molar-refractivity contribution in [2.24, 2.45) is 0 Å². The van der Waals surface area contributed by atoms with Gasteiger partial charge in [-0.2, -0.15) is 0 Å². The maximum absolute atomic E-state index is 12.0. The second-order valence-electron chi connectivity index (χ2n) is 4.69. The van der Waals surface area contributed by atoms with E-state index in [0.29, 0.717) is 17.3 Å². The number of hydrogen-bond acceptors (Lipinski definition) is 5. The fourth-order valence-corrected chi connectivity index (χ4v) is 2.42. The summed E-state index contributed by atoms with van der Waals surface area (Å²) in [5, 5.41) is 0.301. The first kappa shape index (κ1) is 15.1. The monoisotopic (exact) mass is 298 g/mol. The van der Waals surface area contributed by atoms with Crippen molar-refractivity contribution in [3.8, 4) is 0 Å². The summed E-state index contributed by atoms with van der Waals surface area (Å²) in [5.74, 6) is -0.509. The molecule has 1 aromatic rings. The van der Waals surface area contributed by atoms with Crippen LogP contribution in [0, 0.1) is 0 Å². The third kappa shape index (κ3) is 3.62. The molecule has 2 rings (SSSR count). The van der Waals surface area contributed by atoms with Gasteiger partial charge in [-0.1, -0.05) is 24.6 Å². The Morgan fingerprint density at radius 1 is 1.60 bits per heavy atom. The molecule has 110 valence electrons. The summed E-state index contributed by atoms with van der Waals surface area (Å²) in [7, 11) is 0. The first-order chi connectivity index (χ1) is 9.61. The van der Waals surface area contributed by atoms with Crippen LogP contribution in [-0.4, -0.2) is 49.8 Å². The molecule has 0 amide bonds. The highest BCUT2D eigenvalue weighted by atomic mass is 35.5. The van der Waals surface area contributed by atoms with Crippen LogP contribution in [0.1, 0.15) is 17.3 Å². The Hall–Kier alpha value is -1.30. The summed E-state index contributed by atoms with van der Waals surface area (Å²) in [5.41, 5.74) is 6.29. The number of nitrogens with two attached hydrogens (primary N) is 1. The van der Waals surface area contributed by atoms with Gasteiger partial charge < -0.3 is 15.2 Å². The predicted octanol–water partition coefficient (Wildman–Crippen LogP) is 1.80. The zero-order chi connectivity index (χ0) is 14.5. The van der Waals surface area contributed by atoms with E-state index in [2.05, 4.69) is 11.8 Å². The van der Waals surface area contributed by atoms with Crippen molar-refractivity contribution in [2.75, 3.05) is 38.6 Å². The van der Waals surface area contributed by atoms with Crippen LogP contribution in [0.4, 0.5) is 5.69 Å². The van der Waals surface area contributed by atoms with Crippen molar-refractivity contribution < 1.29 is 14.3 Å². The molecule has 1 aliphatic rings. The Kier molecular flexibility index (Phi) is 5.23. The Bertz CT molecular complexity index is 461. The van der Waals surface area contributed by atoms with Gasteiger partial charge in [0.1, 0.15) is 18.3 Å². The van der Waals surface area contributed by atoms with Crippen molar-refractivity contribution in [3.05, 3.63) is 28.8 Å². The zero-order valence-electron chi connectivity index (χ0n) is 11.5. The highest BCUT2D eigenvalue weighted by Crippen LogP contribution is 2.23. The summed E-state index contributed by atoms with van der Waals surface area (Å²) >= 11 is 5.97. The van der Waals surface area contributed by atoms with Crippen LogP contribution >= 0.6 is 11.6 Å². The largest absolute Gasteiger partial charge is 0.459 e. The molecule has 1 atom stereocenters. The number of benzene rings is 1. The lowest BCUT2D eigenvalue weighted by molar-refractivity contribution is -0.0578. The molecule has 1 fully saturated rings. The van der Waals surface area contributed by atoms with Gasteiger partial charge in [-0.05, 0) is 18.7 Å². The van der Waals surface area contributed by atoms with Gasteiger partial charge in [0, 0.05) is 18.8 Å². The van der Waals surface area contributed by atoms with Crippen LogP contribution in [0.5, 0.6) is 0 Å². The molecule has 1 aliphatic heterocycles. The highest BCUT2D eigenvalue weighted by Gasteiger charge is 2.22. The Morgan fingerprint density at radius 3 is 3.10 bits per heavy atom. The van der Waals surface area contributed by atoms with Crippen LogP contribution in [0.3, 0.4) is 0 Å². The number of hydrogen-bond donors (Lipinski definition) is 1. The molecule has 1 aromatic carbocycles. The molecule has 6 heteroatoms. The number of anilines is 1. The van der Waals surface area contributed by atoms with E-state index < -0.39 is 5.97 Å². The van der Waals surface area contributed by atoms with Crippen LogP contribution < -0.4 is 5.73 Å². The first-order valence-electron chi connectivity index (χ1n) is 6.67. The van der Waals surface area contributed by atoms with Crippen LogP contribution in [0.15, 0.2) is 18.2 Å². The molecule has 20 heavy (non-hydrogen) atoms. The van der Waals surface area contributed by atoms with Crippen molar-refractivity contribution in [1.82, 2.24) is 4.90 Å². The van der Waals surface area contributed by atoms with Crippen molar-refractivity contribution in [3.63, 3.8) is 0 Å². The third-order valence-corrected chi connectivity index (χ3v) is 3.64. The number of likely N-dealkylation sites (N-methyl/N-ethyl adjacent to an activating group) is 1. The van der Waals surface area contributed by atoms with E-state index in [-0.39, 0.29) is 18.3 Å². The molecule has 5 nitrogen and oxygen atoms in total. The molecule has 0 bridgehead atoms. The minimum atomic E-state index is -0.509. The molecule has 0 spiro atoms. The number of halogens is 1. The Labute approximate surface area is 123 Å². The lowest BCUT2D eigenvalue weighted by Gasteiger charge is -2.31. The van der Waals surface area contributed by atoms with Crippen LogP contribution in [0.2, 0.25) is 5.02 Å². The minimum absolute atomic E-state index is 0.101. The van der Waals surface area contributed by atoms with Crippen molar-refractivity contribution in [1.29, 1.82) is 0 Å². The molecule has 2 N–H and O–H groups in total. The van der Waals surface area contributed by atoms with E-state index in [1.54, 1.807) is 18.2 Å². The SMILES string of the molecule is CCN1CCOC(COC(=O)c2c(N)cccc2Cl)C1. The molecule has 0 saturated carbocycles. The number of nitrogens with zero attached hydrogens (tertiary/aromatic N) is 1. The van der Waals surface area contributed by atoms with Crippen LogP contribution in [0.25, 0.3) is 0 Å². The van der Waals surface area contributed by atoms with Gasteiger partial charge in [0.15, 0.2) is 0 Å². The molecule has 1 heterocycles. The molecule has 0 aliphatic carbocycles. The summed E-state index contributed by atoms with van der Waals surface area (Å²) in [6, 6.07) is 4.93. The molecule has 1 saturated heterocycles. The van der Waals surface area contributed by atoms with Crippen molar-refractivity contribution in [2.45, 2.75) is 13.0 Å². The maximum atomic E-state index is 12.0. The maximum Gasteiger partial charge on any atom is 0.341 e. The molecule has 1 unspecified atom stereocenters. The van der Waals surface area contributed by atoms with Gasteiger partial charge >= 0.3 is 5.97 Å². The normalized spacial score (nSPS) is 19.8. The Morgan fingerprint density at radius 2 is 2.40 bits per heavy atom. The quantitative estimate of drug-likeness (QED) is 0.678. The zero-order valence-corrected chi connectivity index (χ0v) is 12.2. The second kappa shape index (κ2) is 6.92. The summed E-state index contributed by atoms with van der Waals surface area (Å²) in [6.45, 7) is 5.61. The average molecular weight is 299 g/mol. The van der Waals surface area contributed by atoms with Gasteiger partial charge in [-0.3, -0.25) is 4.90 Å². The first-order valence-corrected chi connectivity index (χ1v) is 7.04. The number of nitrogen functional groups attached to an aromatic ring is 1. The minimum Gasteiger partial charge on any atom is -0.459 e. The number of rotatable bonds is 4. The summed E-state index contributed by atoms with van der Waals surface area (Å²) in [4.78, 5) is 14.3. The number of morpholine rings is 1. The van der Waals surface area contributed by atoms with E-state index in [9.17, 15) is 4.79 Å². The number of carbonyl (C=O) groups excluding carboxylic acids is 1. The smallest absolute Gasteiger partial charge is 0.341 e. The standard InChI is InChI=1S/C14H19ClN2O3/c1-2-17-6-7-19-10(8-17)9-20-14(18)13-11(15)4-3-5-12(13)16/h3-5,10H,2,6-9,16H2,1H3. The molecule has 0 radical (unpaired) electrons. The molecule has 0 aromatic heterocycles. The topological polar surface area (TPSA) is 64.8 Å². The number of carbonyl (C=O) groups is 1. The van der Waals surface area contributed by atoms with Gasteiger partial charge in [0.2, 0.25) is 0 Å². The fourth-order valence-electron chi connectivity index (χ4n) is 2.17. The average Bonchev–Trinajstić information content (AvgIpc) is 2.45. The number of esters is 1. The van der Waals surface area contributed by atoms with Gasteiger partial charge in [-0.25, -0.2) is 4.79 Å². The van der Waals surface area contributed by atoms with Crippen LogP contribution in [-0.2, 0) is 9.47 Å². The van der Waals surface area contributed by atoms with E-state index >= 15 is 0 Å².